The number of likely N-dealkylation sites (N-methyl/N-ethyl adjacent to an activating group) is 1. The second-order valence-electron chi connectivity index (χ2n) is 4.58. The van der Waals surface area contributed by atoms with Crippen molar-refractivity contribution in [1.29, 1.82) is 0 Å². The molecule has 0 saturated carbocycles. The monoisotopic (exact) mass is 318 g/mol. The third-order valence-electron chi connectivity index (χ3n) is 3.09. The molecular formula is C16H18N2O3S. The molecule has 5 nitrogen and oxygen atoms in total. The molecule has 0 aliphatic carbocycles. The molecule has 22 heavy (non-hydrogen) atoms. The van der Waals surface area contributed by atoms with Gasteiger partial charge >= 0.3 is 0 Å². The Bertz CT molecular complexity index is 641. The predicted octanol–water partition coefficient (Wildman–Crippen LogP) is 2.86. The molecule has 1 heterocycles. The summed E-state index contributed by atoms with van der Waals surface area (Å²) < 4.78 is 5.11. The molecule has 1 N–H and O–H groups in total. The van der Waals surface area contributed by atoms with Gasteiger partial charge < -0.3 is 15.0 Å². The summed E-state index contributed by atoms with van der Waals surface area (Å²) in [5.41, 5.74) is 0.643. The zero-order valence-electron chi connectivity index (χ0n) is 12.5. The van der Waals surface area contributed by atoms with Crippen LogP contribution in [0.1, 0.15) is 16.6 Å². The van der Waals surface area contributed by atoms with Crippen LogP contribution < -0.4 is 10.1 Å². The lowest BCUT2D eigenvalue weighted by Gasteiger charge is -2.19. The highest BCUT2D eigenvalue weighted by Crippen LogP contribution is 2.17. The Labute approximate surface area is 133 Å². The average molecular weight is 318 g/mol. The van der Waals surface area contributed by atoms with Crippen molar-refractivity contribution in [1.82, 2.24) is 4.90 Å². The SMILES string of the molecule is CCN(CC(=O)Nc1cccc(OC)c1)C(=O)c1cccs1. The van der Waals surface area contributed by atoms with Gasteiger partial charge in [0.15, 0.2) is 0 Å². The van der Waals surface area contributed by atoms with E-state index in [0.29, 0.717) is 22.9 Å². The Hall–Kier alpha value is -2.34. The van der Waals surface area contributed by atoms with E-state index in [1.54, 1.807) is 37.4 Å². The first-order valence-corrected chi connectivity index (χ1v) is 7.78. The van der Waals surface area contributed by atoms with Crippen LogP contribution in [0.5, 0.6) is 5.75 Å². The summed E-state index contributed by atoms with van der Waals surface area (Å²) in [4.78, 5) is 26.5. The molecule has 1 aromatic heterocycles. The van der Waals surface area contributed by atoms with E-state index in [1.807, 2.05) is 18.4 Å². The smallest absolute Gasteiger partial charge is 0.264 e. The Kier molecular flexibility index (Phi) is 5.55. The Morgan fingerprint density at radius 1 is 1.27 bits per heavy atom. The minimum Gasteiger partial charge on any atom is -0.497 e. The fourth-order valence-electron chi connectivity index (χ4n) is 1.96. The minimum absolute atomic E-state index is 0.0183. The van der Waals surface area contributed by atoms with E-state index in [-0.39, 0.29) is 18.4 Å². The number of nitrogens with one attached hydrogen (secondary N) is 1. The van der Waals surface area contributed by atoms with Crippen molar-refractivity contribution in [3.8, 4) is 5.75 Å². The second kappa shape index (κ2) is 7.61. The molecule has 1 aromatic carbocycles. The standard InChI is InChI=1S/C16H18N2O3S/c1-3-18(16(20)14-8-5-9-22-14)11-15(19)17-12-6-4-7-13(10-12)21-2/h4-10H,3,11H2,1-2H3,(H,17,19). The van der Waals surface area contributed by atoms with Gasteiger partial charge in [0.2, 0.25) is 5.91 Å². The molecule has 0 bridgehead atoms. The topological polar surface area (TPSA) is 58.6 Å². The van der Waals surface area contributed by atoms with Crippen molar-refractivity contribution < 1.29 is 14.3 Å². The maximum atomic E-state index is 12.3. The van der Waals surface area contributed by atoms with Crippen LogP contribution in [0.2, 0.25) is 0 Å². The van der Waals surface area contributed by atoms with E-state index in [4.69, 9.17) is 4.74 Å². The van der Waals surface area contributed by atoms with Gasteiger partial charge in [-0.15, -0.1) is 11.3 Å². The second-order valence-corrected chi connectivity index (χ2v) is 5.52. The molecule has 0 saturated heterocycles. The van der Waals surface area contributed by atoms with Gasteiger partial charge in [-0.2, -0.15) is 0 Å². The fraction of sp³-hybridized carbons (Fsp3) is 0.250. The zero-order valence-corrected chi connectivity index (χ0v) is 13.4. The Morgan fingerprint density at radius 3 is 2.73 bits per heavy atom. The average Bonchev–Trinajstić information content (AvgIpc) is 3.06. The molecule has 0 radical (unpaired) electrons. The van der Waals surface area contributed by atoms with E-state index in [9.17, 15) is 9.59 Å². The number of hydrogen-bond acceptors (Lipinski definition) is 4. The maximum absolute atomic E-state index is 12.3. The number of rotatable bonds is 6. The highest BCUT2D eigenvalue weighted by molar-refractivity contribution is 7.12. The van der Waals surface area contributed by atoms with E-state index in [0.717, 1.165) is 0 Å². The number of thiophene rings is 1. The number of carbonyl (C=O) groups excluding carboxylic acids is 2. The predicted molar refractivity (Wildman–Crippen MR) is 87.5 cm³/mol. The van der Waals surface area contributed by atoms with Gasteiger partial charge in [0.25, 0.3) is 5.91 Å². The number of anilines is 1. The fourth-order valence-corrected chi connectivity index (χ4v) is 2.65. The molecule has 2 amide bonds. The van der Waals surface area contributed by atoms with E-state index < -0.39 is 0 Å². The van der Waals surface area contributed by atoms with Gasteiger partial charge in [-0.1, -0.05) is 12.1 Å². The van der Waals surface area contributed by atoms with Crippen molar-refractivity contribution in [2.24, 2.45) is 0 Å². The number of benzene rings is 1. The minimum atomic E-state index is -0.236. The summed E-state index contributed by atoms with van der Waals surface area (Å²) in [6.07, 6.45) is 0. The third kappa shape index (κ3) is 4.08. The van der Waals surface area contributed by atoms with Crippen LogP contribution >= 0.6 is 11.3 Å². The first kappa shape index (κ1) is 16.0. The molecule has 0 aliphatic heterocycles. The third-order valence-corrected chi connectivity index (χ3v) is 3.95. The lowest BCUT2D eigenvalue weighted by Crippen LogP contribution is -2.37. The highest BCUT2D eigenvalue weighted by atomic mass is 32.1. The molecule has 0 unspecified atom stereocenters. The van der Waals surface area contributed by atoms with Gasteiger partial charge in [-0.3, -0.25) is 9.59 Å². The summed E-state index contributed by atoms with van der Waals surface area (Å²) in [7, 11) is 1.57. The van der Waals surface area contributed by atoms with Crippen molar-refractivity contribution in [3.05, 3.63) is 46.7 Å². The van der Waals surface area contributed by atoms with E-state index in [2.05, 4.69) is 5.32 Å². The van der Waals surface area contributed by atoms with Crippen LogP contribution in [-0.2, 0) is 4.79 Å². The molecule has 0 fully saturated rings. The summed E-state index contributed by atoms with van der Waals surface area (Å²) in [5.74, 6) is 0.304. The van der Waals surface area contributed by atoms with Crippen LogP contribution in [0.4, 0.5) is 5.69 Å². The molecule has 116 valence electrons. The van der Waals surface area contributed by atoms with Crippen LogP contribution in [0.25, 0.3) is 0 Å². The number of amides is 2. The first-order valence-electron chi connectivity index (χ1n) is 6.90. The van der Waals surface area contributed by atoms with Gasteiger partial charge in [-0.25, -0.2) is 0 Å². The first-order chi connectivity index (χ1) is 10.6. The molecule has 0 atom stereocenters. The van der Waals surface area contributed by atoms with Crippen LogP contribution in [0.15, 0.2) is 41.8 Å². The van der Waals surface area contributed by atoms with E-state index in [1.165, 1.54) is 16.2 Å². The molecule has 6 heteroatoms. The molecule has 2 aromatic rings. The summed E-state index contributed by atoms with van der Waals surface area (Å²) in [6.45, 7) is 2.34. The maximum Gasteiger partial charge on any atom is 0.264 e. The van der Waals surface area contributed by atoms with Crippen LogP contribution in [-0.4, -0.2) is 36.9 Å². The van der Waals surface area contributed by atoms with Crippen molar-refractivity contribution in [2.75, 3.05) is 25.5 Å². The normalized spacial score (nSPS) is 10.1. The van der Waals surface area contributed by atoms with Gasteiger partial charge in [0.1, 0.15) is 12.3 Å². The summed E-state index contributed by atoms with van der Waals surface area (Å²) in [6, 6.07) is 10.7. The van der Waals surface area contributed by atoms with Crippen molar-refractivity contribution in [2.45, 2.75) is 6.92 Å². The Balaban J connectivity index is 1.98. The van der Waals surface area contributed by atoms with Crippen LogP contribution in [0, 0.1) is 0 Å². The number of nitrogens with zero attached hydrogens (tertiary/aromatic N) is 1. The van der Waals surface area contributed by atoms with Crippen molar-refractivity contribution in [3.63, 3.8) is 0 Å². The molecular weight excluding hydrogens is 300 g/mol. The Morgan fingerprint density at radius 2 is 2.09 bits per heavy atom. The summed E-state index contributed by atoms with van der Waals surface area (Å²) >= 11 is 1.37. The summed E-state index contributed by atoms with van der Waals surface area (Å²) in [5, 5.41) is 4.62. The lowest BCUT2D eigenvalue weighted by atomic mass is 10.3. The number of methoxy groups -OCH3 is 1. The van der Waals surface area contributed by atoms with Crippen molar-refractivity contribution >= 4 is 28.8 Å². The highest BCUT2D eigenvalue weighted by Gasteiger charge is 2.18. The van der Waals surface area contributed by atoms with Gasteiger partial charge in [-0.05, 0) is 30.5 Å². The molecule has 0 aliphatic rings. The lowest BCUT2D eigenvalue weighted by molar-refractivity contribution is -0.116. The zero-order chi connectivity index (χ0) is 15.9. The number of ether oxygens (including phenoxy) is 1. The molecule has 0 spiro atoms. The van der Waals surface area contributed by atoms with E-state index >= 15 is 0 Å². The quantitative estimate of drug-likeness (QED) is 0.891. The van der Waals surface area contributed by atoms with Gasteiger partial charge in [0, 0.05) is 18.3 Å². The largest absolute Gasteiger partial charge is 0.497 e. The number of hydrogen-bond donors (Lipinski definition) is 1. The number of carbonyl (C=O) groups is 2. The van der Waals surface area contributed by atoms with Crippen LogP contribution in [0.3, 0.4) is 0 Å². The van der Waals surface area contributed by atoms with Gasteiger partial charge in [0.05, 0.1) is 12.0 Å². The molecule has 2 rings (SSSR count).